The van der Waals surface area contributed by atoms with Gasteiger partial charge in [-0.3, -0.25) is 4.79 Å². The molecule has 25 heavy (non-hydrogen) atoms. The van der Waals surface area contributed by atoms with Crippen LogP contribution >= 0.6 is 0 Å². The van der Waals surface area contributed by atoms with Crippen molar-refractivity contribution < 1.29 is 13.2 Å². The van der Waals surface area contributed by atoms with Crippen molar-refractivity contribution in [2.24, 2.45) is 11.8 Å². The molecule has 0 atom stereocenters. The lowest BCUT2D eigenvalue weighted by Gasteiger charge is -2.30. The highest BCUT2D eigenvalue weighted by molar-refractivity contribution is 7.89. The number of carbonyl (C=O) groups excluding carboxylic acids is 1. The van der Waals surface area contributed by atoms with Gasteiger partial charge in [-0.2, -0.15) is 4.31 Å². The van der Waals surface area contributed by atoms with Crippen LogP contribution in [-0.4, -0.2) is 38.3 Å². The van der Waals surface area contributed by atoms with Gasteiger partial charge in [0.1, 0.15) is 0 Å². The van der Waals surface area contributed by atoms with Crippen molar-refractivity contribution in [2.75, 3.05) is 19.6 Å². The van der Waals surface area contributed by atoms with E-state index in [0.29, 0.717) is 43.3 Å². The van der Waals surface area contributed by atoms with Gasteiger partial charge in [-0.05, 0) is 49.3 Å². The minimum absolute atomic E-state index is 0.0602. The van der Waals surface area contributed by atoms with Gasteiger partial charge < -0.3 is 5.32 Å². The number of hydrogen-bond acceptors (Lipinski definition) is 3. The largest absolute Gasteiger partial charge is 0.356 e. The molecule has 0 saturated carbocycles. The lowest BCUT2D eigenvalue weighted by atomic mass is 9.97. The van der Waals surface area contributed by atoms with E-state index < -0.39 is 10.0 Å². The van der Waals surface area contributed by atoms with Gasteiger partial charge in [0.15, 0.2) is 0 Å². The summed E-state index contributed by atoms with van der Waals surface area (Å²) in [5.41, 5.74) is 1.12. The molecule has 0 unspecified atom stereocenters. The monoisotopic (exact) mass is 366 g/mol. The Balaban J connectivity index is 1.90. The maximum atomic E-state index is 12.7. The van der Waals surface area contributed by atoms with E-state index in [1.807, 2.05) is 19.1 Å². The third-order valence-corrected chi connectivity index (χ3v) is 6.73. The van der Waals surface area contributed by atoms with Crippen molar-refractivity contribution in [1.29, 1.82) is 0 Å². The average molecular weight is 367 g/mol. The lowest BCUT2D eigenvalue weighted by Crippen LogP contribution is -2.43. The van der Waals surface area contributed by atoms with E-state index in [4.69, 9.17) is 0 Å². The van der Waals surface area contributed by atoms with Crippen molar-refractivity contribution in [3.8, 4) is 0 Å². The van der Waals surface area contributed by atoms with Crippen LogP contribution in [-0.2, 0) is 21.2 Å². The van der Waals surface area contributed by atoms with E-state index in [2.05, 4.69) is 19.2 Å². The molecule has 140 valence electrons. The number of sulfonamides is 1. The van der Waals surface area contributed by atoms with Crippen LogP contribution in [0.15, 0.2) is 29.2 Å². The average Bonchev–Trinajstić information content (AvgIpc) is 2.61. The first kappa shape index (κ1) is 19.9. The summed E-state index contributed by atoms with van der Waals surface area (Å²) in [6, 6.07) is 7.08. The topological polar surface area (TPSA) is 66.5 Å². The van der Waals surface area contributed by atoms with Crippen LogP contribution in [0.3, 0.4) is 0 Å². The zero-order valence-electron chi connectivity index (χ0n) is 15.5. The number of benzene rings is 1. The number of carbonyl (C=O) groups is 1. The predicted octanol–water partition coefficient (Wildman–Crippen LogP) is 2.81. The Kier molecular flexibility index (Phi) is 7.02. The molecular weight excluding hydrogens is 336 g/mol. The fraction of sp³-hybridized carbons (Fsp3) is 0.632. The van der Waals surface area contributed by atoms with Crippen molar-refractivity contribution in [3.63, 3.8) is 0 Å². The lowest BCUT2D eigenvalue weighted by molar-refractivity contribution is -0.126. The minimum atomic E-state index is -3.46. The number of nitrogens with one attached hydrogen (secondary N) is 1. The highest BCUT2D eigenvalue weighted by Crippen LogP contribution is 2.24. The molecule has 2 rings (SSSR count). The van der Waals surface area contributed by atoms with Crippen LogP contribution in [0.25, 0.3) is 0 Å². The second-order valence-corrected chi connectivity index (χ2v) is 9.09. The summed E-state index contributed by atoms with van der Waals surface area (Å²) in [5, 5.41) is 2.97. The van der Waals surface area contributed by atoms with E-state index in [-0.39, 0.29) is 11.8 Å². The fourth-order valence-electron chi connectivity index (χ4n) is 3.03. The number of piperidine rings is 1. The van der Waals surface area contributed by atoms with Crippen molar-refractivity contribution in [2.45, 2.75) is 51.3 Å². The van der Waals surface area contributed by atoms with E-state index in [1.165, 1.54) is 4.31 Å². The molecule has 1 aliphatic rings. The molecule has 1 saturated heterocycles. The molecule has 0 aliphatic carbocycles. The van der Waals surface area contributed by atoms with E-state index in [0.717, 1.165) is 18.4 Å². The van der Waals surface area contributed by atoms with Crippen LogP contribution in [0.4, 0.5) is 0 Å². The van der Waals surface area contributed by atoms with Gasteiger partial charge in [0.05, 0.1) is 4.90 Å². The number of amides is 1. The summed E-state index contributed by atoms with van der Waals surface area (Å²) in [6.45, 7) is 7.80. The standard InChI is InChI=1S/C19H30N2O3S/c1-4-16-5-7-18(8-6-16)25(23,24)21-13-10-17(11-14-21)19(22)20-12-9-15(2)3/h5-8,15,17H,4,9-14H2,1-3H3,(H,20,22). The van der Waals surface area contributed by atoms with E-state index in [9.17, 15) is 13.2 Å². The molecule has 1 fully saturated rings. The number of nitrogens with zero attached hydrogens (tertiary/aromatic N) is 1. The Morgan fingerprint density at radius 2 is 1.80 bits per heavy atom. The third kappa shape index (κ3) is 5.28. The van der Waals surface area contributed by atoms with E-state index >= 15 is 0 Å². The number of aryl methyl sites for hydroxylation is 1. The Morgan fingerprint density at radius 3 is 2.32 bits per heavy atom. The summed E-state index contributed by atoms with van der Waals surface area (Å²) in [7, 11) is -3.46. The Morgan fingerprint density at radius 1 is 1.20 bits per heavy atom. The molecular formula is C19H30N2O3S. The quantitative estimate of drug-likeness (QED) is 0.807. The summed E-state index contributed by atoms with van der Waals surface area (Å²) in [4.78, 5) is 12.5. The zero-order valence-corrected chi connectivity index (χ0v) is 16.3. The van der Waals surface area contributed by atoms with Gasteiger partial charge in [-0.15, -0.1) is 0 Å². The first-order valence-corrected chi connectivity index (χ1v) is 10.7. The smallest absolute Gasteiger partial charge is 0.243 e. The van der Waals surface area contributed by atoms with Crippen LogP contribution < -0.4 is 5.32 Å². The van der Waals surface area contributed by atoms with Crippen LogP contribution in [0.5, 0.6) is 0 Å². The van der Waals surface area contributed by atoms with Gasteiger partial charge in [-0.25, -0.2) is 8.42 Å². The molecule has 6 heteroatoms. The Labute approximate surface area is 151 Å². The number of hydrogen-bond donors (Lipinski definition) is 1. The molecule has 0 bridgehead atoms. The molecule has 5 nitrogen and oxygen atoms in total. The fourth-order valence-corrected chi connectivity index (χ4v) is 4.50. The van der Waals surface area contributed by atoms with Crippen molar-refractivity contribution in [1.82, 2.24) is 9.62 Å². The summed E-state index contributed by atoms with van der Waals surface area (Å²) < 4.78 is 27.0. The minimum Gasteiger partial charge on any atom is -0.356 e. The first-order valence-electron chi connectivity index (χ1n) is 9.21. The van der Waals surface area contributed by atoms with Crippen molar-refractivity contribution >= 4 is 15.9 Å². The van der Waals surface area contributed by atoms with Crippen LogP contribution in [0.2, 0.25) is 0 Å². The predicted molar refractivity (Wildman–Crippen MR) is 99.8 cm³/mol. The SMILES string of the molecule is CCc1ccc(S(=O)(=O)N2CCC(C(=O)NCCC(C)C)CC2)cc1. The zero-order chi connectivity index (χ0) is 18.4. The maximum Gasteiger partial charge on any atom is 0.243 e. The summed E-state index contributed by atoms with van der Waals surface area (Å²) >= 11 is 0. The molecule has 1 heterocycles. The molecule has 1 aliphatic heterocycles. The second kappa shape index (κ2) is 8.81. The molecule has 1 aromatic carbocycles. The highest BCUT2D eigenvalue weighted by atomic mass is 32.2. The first-order chi connectivity index (χ1) is 11.8. The van der Waals surface area contributed by atoms with Gasteiger partial charge >= 0.3 is 0 Å². The molecule has 0 aromatic heterocycles. The van der Waals surface area contributed by atoms with Crippen LogP contribution in [0, 0.1) is 11.8 Å². The van der Waals surface area contributed by atoms with Gasteiger partial charge in [-0.1, -0.05) is 32.9 Å². The molecule has 1 N–H and O–H groups in total. The summed E-state index contributed by atoms with van der Waals surface area (Å²) in [6.07, 6.45) is 3.02. The highest BCUT2D eigenvalue weighted by Gasteiger charge is 2.31. The molecule has 1 aromatic rings. The van der Waals surface area contributed by atoms with Gasteiger partial charge in [0, 0.05) is 25.6 Å². The Hall–Kier alpha value is -1.40. The maximum absolute atomic E-state index is 12.7. The van der Waals surface area contributed by atoms with Gasteiger partial charge in [0.25, 0.3) is 0 Å². The van der Waals surface area contributed by atoms with Gasteiger partial charge in [0.2, 0.25) is 15.9 Å². The number of rotatable bonds is 7. The third-order valence-electron chi connectivity index (χ3n) is 4.82. The second-order valence-electron chi connectivity index (χ2n) is 7.15. The molecule has 0 spiro atoms. The normalized spacial score (nSPS) is 17.0. The Bertz CT molecular complexity index is 660. The van der Waals surface area contributed by atoms with Crippen molar-refractivity contribution in [3.05, 3.63) is 29.8 Å². The molecule has 1 amide bonds. The van der Waals surface area contributed by atoms with Crippen LogP contribution in [0.1, 0.15) is 45.6 Å². The van der Waals surface area contributed by atoms with E-state index in [1.54, 1.807) is 12.1 Å². The summed E-state index contributed by atoms with van der Waals surface area (Å²) in [5.74, 6) is 0.539. The molecule has 0 radical (unpaired) electrons.